The zero-order valence-corrected chi connectivity index (χ0v) is 6.41. The Morgan fingerprint density at radius 2 is 2.33 bits per heavy atom. The summed E-state index contributed by atoms with van der Waals surface area (Å²) in [5.74, 6) is 0. The lowest BCUT2D eigenvalue weighted by molar-refractivity contribution is 1.48. The Hall–Kier alpha value is -0.280. The number of hydrogen-bond acceptors (Lipinski definition) is 2. The highest BCUT2D eigenvalue weighted by molar-refractivity contribution is 8.04. The van der Waals surface area contributed by atoms with Crippen LogP contribution in [0.5, 0.6) is 0 Å². The summed E-state index contributed by atoms with van der Waals surface area (Å²) in [6.07, 6.45) is 5.92. The molecule has 0 saturated carbocycles. The topological polar surface area (TPSA) is 26.0 Å². The molecule has 9 heavy (non-hydrogen) atoms. The van der Waals surface area contributed by atoms with Gasteiger partial charge in [0.25, 0.3) is 0 Å². The van der Waals surface area contributed by atoms with Crippen molar-refractivity contribution in [1.29, 1.82) is 0 Å². The van der Waals surface area contributed by atoms with Crippen molar-refractivity contribution >= 4 is 29.0 Å². The van der Waals surface area contributed by atoms with Crippen molar-refractivity contribution in [2.75, 3.05) is 0 Å². The number of thiocarbonyl (C=S) groups is 1. The first-order chi connectivity index (χ1) is 4.30. The fourth-order valence-corrected chi connectivity index (χ4v) is 1.46. The van der Waals surface area contributed by atoms with E-state index in [0.717, 1.165) is 0 Å². The summed E-state index contributed by atoms with van der Waals surface area (Å²) >= 11 is 6.42. The second kappa shape index (κ2) is 3.03. The van der Waals surface area contributed by atoms with E-state index in [4.69, 9.17) is 18.0 Å². The average molecular weight is 157 g/mol. The van der Waals surface area contributed by atoms with Gasteiger partial charge in [-0.15, -0.1) is 11.8 Å². The summed E-state index contributed by atoms with van der Waals surface area (Å²) in [5.41, 5.74) is 5.39. The Kier molecular flexibility index (Phi) is 2.30. The molecule has 0 bridgehead atoms. The number of nitrogens with two attached hydrogens (primary N) is 1. The minimum atomic E-state index is 0.213. The molecular formula is C6H7NS2. The lowest BCUT2D eigenvalue weighted by atomic mass is 10.3. The van der Waals surface area contributed by atoms with E-state index in [9.17, 15) is 0 Å². The van der Waals surface area contributed by atoms with E-state index >= 15 is 0 Å². The molecule has 0 radical (unpaired) electrons. The lowest BCUT2D eigenvalue weighted by Gasteiger charge is -2.08. The molecule has 1 nitrogen and oxygen atoms in total. The van der Waals surface area contributed by atoms with Crippen LogP contribution in [0.25, 0.3) is 0 Å². The second-order valence-corrected chi connectivity index (χ2v) is 3.20. The zero-order valence-electron chi connectivity index (χ0n) is 4.78. The highest BCUT2D eigenvalue weighted by Crippen LogP contribution is 2.17. The van der Waals surface area contributed by atoms with Gasteiger partial charge in [-0.05, 0) is 5.41 Å². The normalized spacial score (nSPS) is 24.2. The van der Waals surface area contributed by atoms with Crippen molar-refractivity contribution in [2.45, 2.75) is 5.25 Å². The Labute approximate surface area is 64.0 Å². The Morgan fingerprint density at radius 1 is 1.56 bits per heavy atom. The molecular weight excluding hydrogens is 150 g/mol. The van der Waals surface area contributed by atoms with E-state index in [-0.39, 0.29) is 5.25 Å². The van der Waals surface area contributed by atoms with Crippen molar-refractivity contribution in [3.8, 4) is 0 Å². The number of rotatable bonds is 1. The molecule has 0 aromatic carbocycles. The maximum absolute atomic E-state index is 5.39. The summed E-state index contributed by atoms with van der Waals surface area (Å²) in [7, 11) is 0. The molecule has 0 aromatic rings. The van der Waals surface area contributed by atoms with Gasteiger partial charge in [0.15, 0.2) is 0 Å². The van der Waals surface area contributed by atoms with Gasteiger partial charge in [-0.1, -0.05) is 30.4 Å². The largest absolute Gasteiger partial charge is 0.392 e. The number of hydrogen-bond donors (Lipinski definition) is 1. The van der Waals surface area contributed by atoms with Crippen LogP contribution in [0.1, 0.15) is 0 Å². The van der Waals surface area contributed by atoms with Gasteiger partial charge in [-0.25, -0.2) is 0 Å². The fraction of sp³-hybridized carbons (Fsp3) is 0.167. The second-order valence-electron chi connectivity index (χ2n) is 1.67. The first-order valence-electron chi connectivity index (χ1n) is 2.59. The van der Waals surface area contributed by atoms with E-state index in [1.807, 2.05) is 23.6 Å². The van der Waals surface area contributed by atoms with Crippen LogP contribution in [0.3, 0.4) is 0 Å². The SMILES string of the molecule is NC(=S)C1C=CC=CS1. The minimum Gasteiger partial charge on any atom is -0.392 e. The smallest absolute Gasteiger partial charge is 0.0901 e. The van der Waals surface area contributed by atoms with E-state index in [1.54, 1.807) is 11.8 Å². The van der Waals surface area contributed by atoms with Gasteiger partial charge in [0.05, 0.1) is 10.2 Å². The molecule has 0 spiro atoms. The maximum Gasteiger partial charge on any atom is 0.0901 e. The van der Waals surface area contributed by atoms with Crippen LogP contribution in [0.2, 0.25) is 0 Å². The van der Waals surface area contributed by atoms with E-state index in [2.05, 4.69) is 0 Å². The third-order valence-corrected chi connectivity index (χ3v) is 2.40. The highest BCUT2D eigenvalue weighted by atomic mass is 32.2. The molecule has 1 rings (SSSR count). The summed E-state index contributed by atoms with van der Waals surface area (Å²) in [5, 5.41) is 2.20. The summed E-state index contributed by atoms with van der Waals surface area (Å²) < 4.78 is 0. The van der Waals surface area contributed by atoms with Crippen molar-refractivity contribution < 1.29 is 0 Å². The van der Waals surface area contributed by atoms with Crippen molar-refractivity contribution in [3.05, 3.63) is 23.6 Å². The van der Waals surface area contributed by atoms with Gasteiger partial charge in [-0.2, -0.15) is 0 Å². The fourth-order valence-electron chi connectivity index (χ4n) is 0.548. The molecule has 1 aliphatic heterocycles. The van der Waals surface area contributed by atoms with Gasteiger partial charge in [0.2, 0.25) is 0 Å². The molecule has 1 unspecified atom stereocenters. The number of thioether (sulfide) groups is 1. The highest BCUT2D eigenvalue weighted by Gasteiger charge is 2.06. The third-order valence-electron chi connectivity index (χ3n) is 0.981. The van der Waals surface area contributed by atoms with Crippen molar-refractivity contribution in [3.63, 3.8) is 0 Å². The minimum absolute atomic E-state index is 0.213. The first-order valence-corrected chi connectivity index (χ1v) is 3.94. The van der Waals surface area contributed by atoms with Crippen LogP contribution in [-0.4, -0.2) is 10.2 Å². The Balaban J connectivity index is 2.56. The maximum atomic E-state index is 5.39. The predicted molar refractivity (Wildman–Crippen MR) is 46.4 cm³/mol. The quantitative estimate of drug-likeness (QED) is 0.584. The monoisotopic (exact) mass is 157 g/mol. The van der Waals surface area contributed by atoms with Gasteiger partial charge >= 0.3 is 0 Å². The van der Waals surface area contributed by atoms with Crippen LogP contribution >= 0.6 is 24.0 Å². The van der Waals surface area contributed by atoms with Crippen LogP contribution in [0.4, 0.5) is 0 Å². The number of allylic oxidation sites excluding steroid dienone is 2. The predicted octanol–water partition coefficient (Wildman–Crippen LogP) is 1.46. The molecule has 1 aliphatic rings. The lowest BCUT2D eigenvalue weighted by Crippen LogP contribution is -2.21. The van der Waals surface area contributed by atoms with Crippen molar-refractivity contribution in [2.24, 2.45) is 5.73 Å². The van der Waals surface area contributed by atoms with E-state index in [0.29, 0.717) is 4.99 Å². The molecule has 0 amide bonds. The van der Waals surface area contributed by atoms with E-state index < -0.39 is 0 Å². The molecule has 0 saturated heterocycles. The molecule has 2 N–H and O–H groups in total. The van der Waals surface area contributed by atoms with Gasteiger partial charge < -0.3 is 5.73 Å². The third kappa shape index (κ3) is 1.84. The van der Waals surface area contributed by atoms with Crippen LogP contribution < -0.4 is 5.73 Å². The Morgan fingerprint density at radius 3 is 2.67 bits per heavy atom. The van der Waals surface area contributed by atoms with Gasteiger partial charge in [-0.3, -0.25) is 0 Å². The summed E-state index contributed by atoms with van der Waals surface area (Å²) in [6.45, 7) is 0. The zero-order chi connectivity index (χ0) is 6.69. The van der Waals surface area contributed by atoms with E-state index in [1.165, 1.54) is 0 Å². The summed E-state index contributed by atoms with van der Waals surface area (Å²) in [4.78, 5) is 0.556. The first kappa shape index (κ1) is 6.83. The van der Waals surface area contributed by atoms with Crippen molar-refractivity contribution in [1.82, 2.24) is 0 Å². The van der Waals surface area contributed by atoms with Crippen LogP contribution in [-0.2, 0) is 0 Å². The molecule has 48 valence electrons. The average Bonchev–Trinajstić information content (AvgIpc) is 1.90. The molecule has 1 heterocycles. The van der Waals surface area contributed by atoms with Crippen LogP contribution in [0, 0.1) is 0 Å². The van der Waals surface area contributed by atoms with Gasteiger partial charge in [0, 0.05) is 0 Å². The molecule has 0 aliphatic carbocycles. The summed E-state index contributed by atoms with van der Waals surface area (Å²) in [6, 6.07) is 0. The molecule has 1 atom stereocenters. The standard InChI is InChI=1S/C6H7NS2/c7-6(8)5-3-1-2-4-9-5/h1-5H,(H2,7,8). The Bertz CT molecular complexity index is 172. The molecule has 0 fully saturated rings. The van der Waals surface area contributed by atoms with Gasteiger partial charge in [0.1, 0.15) is 0 Å². The molecule has 3 heteroatoms. The van der Waals surface area contributed by atoms with Crippen LogP contribution in [0.15, 0.2) is 23.6 Å². The molecule has 0 aromatic heterocycles.